The van der Waals surface area contributed by atoms with Crippen LogP contribution in [0.5, 0.6) is 0 Å². The molecule has 0 bridgehead atoms. The molecule has 2 rings (SSSR count). The van der Waals surface area contributed by atoms with Crippen molar-refractivity contribution in [3.8, 4) is 0 Å². The van der Waals surface area contributed by atoms with E-state index in [2.05, 4.69) is 25.9 Å². The normalized spacial score (nSPS) is 12.2. The Balaban J connectivity index is 2.41. The number of nitrogens with zero attached hydrogens (tertiary/aromatic N) is 4. The first kappa shape index (κ1) is 17.9. The van der Waals surface area contributed by atoms with Crippen molar-refractivity contribution < 1.29 is 9.84 Å². The fourth-order valence-electron chi connectivity index (χ4n) is 2.43. The minimum Gasteiger partial charge on any atom is -0.395 e. The predicted molar refractivity (Wildman–Crippen MR) is 91.3 cm³/mol. The highest BCUT2D eigenvalue weighted by Crippen LogP contribution is 2.19. The van der Waals surface area contributed by atoms with Crippen LogP contribution in [-0.4, -0.2) is 43.0 Å². The fourth-order valence-corrected chi connectivity index (χ4v) is 2.96. The zero-order chi connectivity index (χ0) is 17.2. The second-order valence-corrected chi connectivity index (χ2v) is 6.51. The van der Waals surface area contributed by atoms with Gasteiger partial charge >= 0.3 is 0 Å². The van der Waals surface area contributed by atoms with Gasteiger partial charge in [-0.2, -0.15) is 4.98 Å². The largest absolute Gasteiger partial charge is 0.395 e. The van der Waals surface area contributed by atoms with E-state index < -0.39 is 0 Å². The van der Waals surface area contributed by atoms with Gasteiger partial charge in [0.25, 0.3) is 5.56 Å². The number of nitrogens with two attached hydrogens (primary N) is 1. The molecule has 2 heterocycles. The van der Waals surface area contributed by atoms with Gasteiger partial charge in [0.15, 0.2) is 15.9 Å². The van der Waals surface area contributed by atoms with E-state index in [0.29, 0.717) is 30.0 Å². The summed E-state index contributed by atoms with van der Waals surface area (Å²) in [5, 5.41) is 9.11. The van der Waals surface area contributed by atoms with E-state index in [1.54, 1.807) is 4.57 Å². The van der Waals surface area contributed by atoms with Crippen LogP contribution >= 0.6 is 15.9 Å². The van der Waals surface area contributed by atoms with Gasteiger partial charge in [0.05, 0.1) is 12.2 Å². The molecule has 23 heavy (non-hydrogen) atoms. The Kier molecular flexibility index (Phi) is 5.43. The molecule has 0 saturated heterocycles. The van der Waals surface area contributed by atoms with Crippen LogP contribution in [0.15, 0.2) is 9.53 Å². The molecular formula is C14H22BrN5O3. The number of nitrogen functional groups attached to an aromatic ring is 1. The zero-order valence-corrected chi connectivity index (χ0v) is 15.1. The SMILES string of the molecule is CCOC(C)(C)CCn1c(N)nc2c(nc(Br)n2CCO)c1=O. The zero-order valence-electron chi connectivity index (χ0n) is 13.5. The molecule has 128 valence electrons. The van der Waals surface area contributed by atoms with Crippen LogP contribution in [-0.2, 0) is 17.8 Å². The number of imidazole rings is 1. The molecule has 0 fully saturated rings. The number of aliphatic hydroxyl groups excluding tert-OH is 1. The molecule has 9 heteroatoms. The summed E-state index contributed by atoms with van der Waals surface area (Å²) in [5.41, 5.74) is 5.91. The number of anilines is 1. The van der Waals surface area contributed by atoms with Crippen molar-refractivity contribution in [2.45, 2.75) is 45.9 Å². The first-order valence-electron chi connectivity index (χ1n) is 7.47. The lowest BCUT2D eigenvalue weighted by atomic mass is 10.1. The number of ether oxygens (including phenoxy) is 1. The van der Waals surface area contributed by atoms with Gasteiger partial charge in [-0.1, -0.05) is 0 Å². The summed E-state index contributed by atoms with van der Waals surface area (Å²) in [6.45, 7) is 7.06. The standard InChI is InChI=1S/C14H22BrN5O3/c1-4-23-14(2,3)5-6-20-11(22)9-10(18-13(20)16)19(7-8-21)12(15)17-9/h21H,4-8H2,1-3H3,(H2,16,18). The minimum absolute atomic E-state index is 0.0860. The van der Waals surface area contributed by atoms with E-state index in [0.717, 1.165) is 0 Å². The molecular weight excluding hydrogens is 366 g/mol. The number of halogens is 1. The molecule has 3 N–H and O–H groups in total. The van der Waals surface area contributed by atoms with Crippen LogP contribution in [0.2, 0.25) is 0 Å². The van der Waals surface area contributed by atoms with Crippen LogP contribution in [0.1, 0.15) is 27.2 Å². The Morgan fingerprint density at radius 1 is 1.30 bits per heavy atom. The van der Waals surface area contributed by atoms with E-state index in [1.165, 1.54) is 4.57 Å². The second kappa shape index (κ2) is 6.98. The molecule has 8 nitrogen and oxygen atoms in total. The third-order valence-electron chi connectivity index (χ3n) is 3.64. The summed E-state index contributed by atoms with van der Waals surface area (Å²) < 4.78 is 9.11. The van der Waals surface area contributed by atoms with Crippen LogP contribution in [0.3, 0.4) is 0 Å². The predicted octanol–water partition coefficient (Wildman–Crippen LogP) is 1.14. The second-order valence-electron chi connectivity index (χ2n) is 5.80. The first-order chi connectivity index (χ1) is 10.8. The van der Waals surface area contributed by atoms with Gasteiger partial charge < -0.3 is 20.1 Å². The summed E-state index contributed by atoms with van der Waals surface area (Å²) in [7, 11) is 0. The Bertz CT molecular complexity index is 753. The maximum Gasteiger partial charge on any atom is 0.283 e. The third-order valence-corrected chi connectivity index (χ3v) is 4.24. The van der Waals surface area contributed by atoms with Gasteiger partial charge in [0.1, 0.15) is 0 Å². The van der Waals surface area contributed by atoms with Crippen LogP contribution in [0.25, 0.3) is 11.2 Å². The summed E-state index contributed by atoms with van der Waals surface area (Å²) in [6.07, 6.45) is 0.622. The number of aliphatic hydroxyl groups is 1. The number of fused-ring (bicyclic) bond motifs is 1. The molecule has 0 aliphatic carbocycles. The van der Waals surface area contributed by atoms with Gasteiger partial charge in [-0.25, -0.2) is 4.98 Å². The van der Waals surface area contributed by atoms with Crippen molar-refractivity contribution in [3.63, 3.8) is 0 Å². The molecule has 0 aliphatic rings. The molecule has 0 saturated carbocycles. The smallest absolute Gasteiger partial charge is 0.283 e. The van der Waals surface area contributed by atoms with E-state index in [9.17, 15) is 4.79 Å². The Hall–Kier alpha value is -1.45. The molecule has 0 atom stereocenters. The molecule has 2 aromatic rings. The fraction of sp³-hybridized carbons (Fsp3) is 0.643. The van der Waals surface area contributed by atoms with Crippen molar-refractivity contribution in [2.24, 2.45) is 0 Å². The molecule has 0 unspecified atom stereocenters. The summed E-state index contributed by atoms with van der Waals surface area (Å²) in [4.78, 5) is 21.1. The quantitative estimate of drug-likeness (QED) is 0.689. The average molecular weight is 388 g/mol. The van der Waals surface area contributed by atoms with E-state index in [1.807, 2.05) is 20.8 Å². The van der Waals surface area contributed by atoms with Gasteiger partial charge in [0.2, 0.25) is 5.95 Å². The monoisotopic (exact) mass is 387 g/mol. The topological polar surface area (TPSA) is 108 Å². The van der Waals surface area contributed by atoms with Crippen LogP contribution in [0, 0.1) is 0 Å². The molecule has 2 aromatic heterocycles. The Morgan fingerprint density at radius 3 is 2.61 bits per heavy atom. The highest BCUT2D eigenvalue weighted by molar-refractivity contribution is 9.10. The van der Waals surface area contributed by atoms with E-state index >= 15 is 0 Å². The number of rotatable bonds is 7. The lowest BCUT2D eigenvalue weighted by molar-refractivity contribution is -0.0189. The highest BCUT2D eigenvalue weighted by Gasteiger charge is 2.21. The number of hydrogen-bond acceptors (Lipinski definition) is 6. The van der Waals surface area contributed by atoms with Gasteiger partial charge in [0, 0.05) is 19.7 Å². The minimum atomic E-state index is -0.355. The summed E-state index contributed by atoms with van der Waals surface area (Å²) in [6, 6.07) is 0. The summed E-state index contributed by atoms with van der Waals surface area (Å²) in [5.74, 6) is 0.126. The van der Waals surface area contributed by atoms with Gasteiger partial charge in [-0.15, -0.1) is 0 Å². The molecule has 0 aliphatic heterocycles. The van der Waals surface area contributed by atoms with E-state index in [4.69, 9.17) is 15.6 Å². The number of hydrogen-bond donors (Lipinski definition) is 2. The van der Waals surface area contributed by atoms with Crippen molar-refractivity contribution >= 4 is 33.0 Å². The number of aromatic nitrogens is 4. The highest BCUT2D eigenvalue weighted by atomic mass is 79.9. The summed E-state index contributed by atoms with van der Waals surface area (Å²) >= 11 is 3.28. The molecule has 0 amide bonds. The van der Waals surface area contributed by atoms with Crippen molar-refractivity contribution in [3.05, 3.63) is 15.1 Å². The van der Waals surface area contributed by atoms with Crippen molar-refractivity contribution in [2.75, 3.05) is 18.9 Å². The van der Waals surface area contributed by atoms with E-state index in [-0.39, 0.29) is 35.8 Å². The molecule has 0 aromatic carbocycles. The van der Waals surface area contributed by atoms with Gasteiger partial charge in [-0.3, -0.25) is 9.36 Å². The lowest BCUT2D eigenvalue weighted by Gasteiger charge is -2.25. The van der Waals surface area contributed by atoms with Crippen LogP contribution in [0.4, 0.5) is 5.95 Å². The lowest BCUT2D eigenvalue weighted by Crippen LogP contribution is -2.31. The Labute approximate surface area is 142 Å². The third kappa shape index (κ3) is 3.73. The maximum absolute atomic E-state index is 12.6. The molecule has 0 spiro atoms. The first-order valence-corrected chi connectivity index (χ1v) is 8.27. The maximum atomic E-state index is 12.6. The van der Waals surface area contributed by atoms with Crippen molar-refractivity contribution in [1.82, 2.24) is 19.1 Å². The van der Waals surface area contributed by atoms with Gasteiger partial charge in [-0.05, 0) is 43.1 Å². The van der Waals surface area contributed by atoms with Crippen molar-refractivity contribution in [1.29, 1.82) is 0 Å². The molecule has 0 radical (unpaired) electrons. The average Bonchev–Trinajstić information content (AvgIpc) is 2.76. The van der Waals surface area contributed by atoms with Crippen LogP contribution < -0.4 is 11.3 Å². The Morgan fingerprint density at radius 2 is 2.00 bits per heavy atom.